The van der Waals surface area contributed by atoms with E-state index in [1.807, 2.05) is 0 Å². The Morgan fingerprint density at radius 2 is 1.57 bits per heavy atom. The SMILES string of the molecule is CC[C@@H]1C[C@H](N(Cc2cc(C(F)(F)F)cc(C(F)(F)F)c2)c2nnn(C)n2)c2cc(OC(F)(F)F)ccc2N1C(=O)CCCCCC(=O)O. The molecule has 0 radical (unpaired) electrons. The first-order valence-corrected chi connectivity index (χ1v) is 15.0. The van der Waals surface area contributed by atoms with Crippen molar-refractivity contribution in [2.45, 2.75) is 89.2 Å². The van der Waals surface area contributed by atoms with Crippen LogP contribution in [0.2, 0.25) is 0 Å². The molecule has 0 saturated heterocycles. The Labute approximate surface area is 273 Å². The number of alkyl halides is 9. The first-order chi connectivity index (χ1) is 22.8. The van der Waals surface area contributed by atoms with Crippen molar-refractivity contribution in [3.8, 4) is 5.75 Å². The molecular weight excluding hydrogens is 679 g/mol. The molecule has 2 aromatic carbocycles. The number of rotatable bonds is 12. The van der Waals surface area contributed by atoms with E-state index in [0.717, 1.165) is 16.9 Å². The summed E-state index contributed by atoms with van der Waals surface area (Å²) in [4.78, 5) is 28.0. The molecule has 3 aromatic rings. The average molecular weight is 711 g/mol. The van der Waals surface area contributed by atoms with Crippen LogP contribution in [-0.4, -0.2) is 49.6 Å². The van der Waals surface area contributed by atoms with Gasteiger partial charge in [0, 0.05) is 36.7 Å². The number of benzene rings is 2. The van der Waals surface area contributed by atoms with Gasteiger partial charge in [-0.25, -0.2) is 0 Å². The molecule has 2 atom stereocenters. The zero-order valence-electron chi connectivity index (χ0n) is 26.0. The number of nitrogens with zero attached hydrogens (tertiary/aromatic N) is 6. The highest BCUT2D eigenvalue weighted by Gasteiger charge is 2.41. The molecule has 19 heteroatoms. The normalized spacial score (nSPS) is 16.8. The summed E-state index contributed by atoms with van der Waals surface area (Å²) in [5.41, 5.74) is -3.41. The molecule has 1 N–H and O–H groups in total. The number of ether oxygens (including phenoxy) is 1. The summed E-state index contributed by atoms with van der Waals surface area (Å²) < 4.78 is 126. The predicted molar refractivity (Wildman–Crippen MR) is 154 cm³/mol. The number of carbonyl (C=O) groups is 2. The number of aromatic nitrogens is 4. The van der Waals surface area contributed by atoms with Crippen molar-refractivity contribution in [1.82, 2.24) is 20.2 Å². The van der Waals surface area contributed by atoms with Gasteiger partial charge in [-0.2, -0.15) is 31.1 Å². The highest BCUT2D eigenvalue weighted by Crippen LogP contribution is 2.46. The van der Waals surface area contributed by atoms with E-state index in [0.29, 0.717) is 37.8 Å². The fourth-order valence-electron chi connectivity index (χ4n) is 5.75. The molecule has 1 aliphatic rings. The van der Waals surface area contributed by atoms with Crippen LogP contribution in [0.15, 0.2) is 36.4 Å². The standard InChI is InChI=1S/C30H31F9N6O4/c1-3-20-14-24(22-15-21(49-30(37,38)39)9-10-23(22)45(20)25(46)7-5-4-6-8-26(47)48)44(27-40-42-43(2)41-27)16-17-11-18(28(31,32)33)13-19(12-17)29(34,35)36/h9-13,15,20,24H,3-8,14,16H2,1-2H3,(H,47,48)/t20-,24+/m1/s1. The summed E-state index contributed by atoms with van der Waals surface area (Å²) in [6.45, 7) is 1.06. The highest BCUT2D eigenvalue weighted by atomic mass is 19.4. The van der Waals surface area contributed by atoms with Gasteiger partial charge in [-0.1, -0.05) is 18.4 Å². The van der Waals surface area contributed by atoms with Gasteiger partial charge >= 0.3 is 24.7 Å². The van der Waals surface area contributed by atoms with E-state index in [2.05, 4.69) is 20.1 Å². The summed E-state index contributed by atoms with van der Waals surface area (Å²) in [5.74, 6) is -2.34. The van der Waals surface area contributed by atoms with Crippen LogP contribution in [0.25, 0.3) is 0 Å². The quantitative estimate of drug-likeness (QED) is 0.152. The first kappa shape index (κ1) is 37.2. The first-order valence-electron chi connectivity index (χ1n) is 15.0. The smallest absolute Gasteiger partial charge is 0.481 e. The third kappa shape index (κ3) is 9.53. The van der Waals surface area contributed by atoms with Crippen LogP contribution in [-0.2, 0) is 35.5 Å². The van der Waals surface area contributed by atoms with Crippen molar-refractivity contribution in [2.24, 2.45) is 7.05 Å². The molecule has 268 valence electrons. The number of hydrogen-bond donors (Lipinski definition) is 1. The number of anilines is 2. The molecule has 0 fully saturated rings. The topological polar surface area (TPSA) is 114 Å². The zero-order valence-corrected chi connectivity index (χ0v) is 26.0. The lowest BCUT2D eigenvalue weighted by molar-refractivity contribution is -0.274. The number of fused-ring (bicyclic) bond motifs is 1. The third-order valence-electron chi connectivity index (χ3n) is 7.86. The Kier molecular flexibility index (Phi) is 11.0. The number of unbranched alkanes of at least 4 members (excludes halogenated alkanes) is 2. The number of aliphatic carboxylic acids is 1. The third-order valence-corrected chi connectivity index (χ3v) is 7.86. The van der Waals surface area contributed by atoms with E-state index in [9.17, 15) is 49.1 Å². The van der Waals surface area contributed by atoms with Crippen molar-refractivity contribution in [3.63, 3.8) is 0 Å². The number of hydrogen-bond acceptors (Lipinski definition) is 7. The van der Waals surface area contributed by atoms with E-state index in [-0.39, 0.29) is 42.5 Å². The Morgan fingerprint density at radius 3 is 2.10 bits per heavy atom. The van der Waals surface area contributed by atoms with Crippen molar-refractivity contribution in [1.29, 1.82) is 0 Å². The van der Waals surface area contributed by atoms with Crippen LogP contribution in [0.4, 0.5) is 51.1 Å². The molecule has 2 heterocycles. The maximum absolute atomic E-state index is 13.7. The van der Waals surface area contributed by atoms with Gasteiger partial charge in [0.05, 0.1) is 24.2 Å². The molecule has 1 aliphatic heterocycles. The van der Waals surface area contributed by atoms with E-state index in [1.54, 1.807) is 6.92 Å². The number of carboxylic acids is 1. The van der Waals surface area contributed by atoms with Crippen molar-refractivity contribution >= 4 is 23.5 Å². The summed E-state index contributed by atoms with van der Waals surface area (Å²) >= 11 is 0. The van der Waals surface area contributed by atoms with Crippen LogP contribution in [0, 0.1) is 0 Å². The lowest BCUT2D eigenvalue weighted by atomic mass is 9.87. The summed E-state index contributed by atoms with van der Waals surface area (Å²) in [5, 5.41) is 20.6. The van der Waals surface area contributed by atoms with Gasteiger partial charge in [0.1, 0.15) is 5.75 Å². The molecule has 1 amide bonds. The molecular formula is C30H31F9N6O4. The molecule has 0 unspecified atom stereocenters. The van der Waals surface area contributed by atoms with Gasteiger partial charge < -0.3 is 19.6 Å². The van der Waals surface area contributed by atoms with E-state index < -0.39 is 71.7 Å². The van der Waals surface area contributed by atoms with Crippen LogP contribution < -0.4 is 14.5 Å². The Morgan fingerprint density at radius 1 is 0.939 bits per heavy atom. The summed E-state index contributed by atoms with van der Waals surface area (Å²) in [6, 6.07) is 2.52. The second-order valence-electron chi connectivity index (χ2n) is 11.4. The molecule has 0 aliphatic carbocycles. The lowest BCUT2D eigenvalue weighted by Crippen LogP contribution is -2.47. The van der Waals surface area contributed by atoms with Crippen LogP contribution in [0.1, 0.15) is 80.2 Å². The molecule has 0 spiro atoms. The minimum atomic E-state index is -5.14. The largest absolute Gasteiger partial charge is 0.573 e. The van der Waals surface area contributed by atoms with E-state index in [1.165, 1.54) is 22.9 Å². The highest BCUT2D eigenvalue weighted by molar-refractivity contribution is 5.95. The van der Waals surface area contributed by atoms with Crippen molar-refractivity contribution in [3.05, 3.63) is 58.7 Å². The second-order valence-corrected chi connectivity index (χ2v) is 11.4. The van der Waals surface area contributed by atoms with Gasteiger partial charge in [-0.05, 0) is 72.9 Å². The average Bonchev–Trinajstić information content (AvgIpc) is 3.42. The Balaban J connectivity index is 1.83. The molecule has 49 heavy (non-hydrogen) atoms. The zero-order chi connectivity index (χ0) is 36.3. The fraction of sp³-hybridized carbons (Fsp3) is 0.500. The molecule has 4 rings (SSSR count). The van der Waals surface area contributed by atoms with Gasteiger partial charge in [-0.15, -0.1) is 18.3 Å². The summed E-state index contributed by atoms with van der Waals surface area (Å²) in [7, 11) is 1.36. The minimum absolute atomic E-state index is 0.0245. The van der Waals surface area contributed by atoms with Crippen LogP contribution in [0.3, 0.4) is 0 Å². The monoisotopic (exact) mass is 710 g/mol. The number of amides is 1. The number of tetrazole rings is 1. The van der Waals surface area contributed by atoms with Gasteiger partial charge in [0.15, 0.2) is 0 Å². The van der Waals surface area contributed by atoms with Crippen LogP contribution in [0.5, 0.6) is 5.75 Å². The molecule has 1 aromatic heterocycles. The van der Waals surface area contributed by atoms with Crippen LogP contribution >= 0.6 is 0 Å². The minimum Gasteiger partial charge on any atom is -0.481 e. The summed E-state index contributed by atoms with van der Waals surface area (Å²) in [6.07, 6.45) is -14.2. The fourth-order valence-corrected chi connectivity index (χ4v) is 5.75. The predicted octanol–water partition coefficient (Wildman–Crippen LogP) is 7.44. The maximum atomic E-state index is 13.7. The van der Waals surface area contributed by atoms with Crippen molar-refractivity contribution in [2.75, 3.05) is 9.80 Å². The number of aryl methyl sites for hydroxylation is 1. The number of carboxylic acid groups (broad SMARTS) is 1. The molecule has 0 saturated carbocycles. The van der Waals surface area contributed by atoms with Gasteiger partial charge in [-0.3, -0.25) is 9.59 Å². The number of carbonyl (C=O) groups excluding carboxylic acids is 1. The van der Waals surface area contributed by atoms with E-state index in [4.69, 9.17) is 5.11 Å². The lowest BCUT2D eigenvalue weighted by Gasteiger charge is -2.44. The molecule has 10 nitrogen and oxygen atoms in total. The Hall–Kier alpha value is -4.58. The van der Waals surface area contributed by atoms with Crippen molar-refractivity contribution < 1.29 is 58.9 Å². The van der Waals surface area contributed by atoms with Gasteiger partial charge in [0.25, 0.3) is 5.95 Å². The van der Waals surface area contributed by atoms with E-state index >= 15 is 0 Å². The maximum Gasteiger partial charge on any atom is 0.573 e. The molecule has 0 bridgehead atoms. The number of halogens is 9. The van der Waals surface area contributed by atoms with Gasteiger partial charge in [0.2, 0.25) is 5.91 Å². The second kappa shape index (κ2) is 14.5. The Bertz CT molecular complexity index is 1610.